The van der Waals surface area contributed by atoms with Gasteiger partial charge in [-0.2, -0.15) is 0 Å². The second kappa shape index (κ2) is 8.82. The number of esters is 1. The molecule has 1 unspecified atom stereocenters. The molecule has 0 radical (unpaired) electrons. The van der Waals surface area contributed by atoms with Crippen molar-refractivity contribution in [1.29, 1.82) is 0 Å². The summed E-state index contributed by atoms with van der Waals surface area (Å²) in [6.45, 7) is 0.633. The van der Waals surface area contributed by atoms with E-state index < -0.39 is 5.97 Å². The van der Waals surface area contributed by atoms with Crippen LogP contribution < -0.4 is 4.74 Å². The van der Waals surface area contributed by atoms with Crippen LogP contribution in [0.1, 0.15) is 31.8 Å². The van der Waals surface area contributed by atoms with Gasteiger partial charge >= 0.3 is 5.97 Å². The molecule has 0 saturated heterocycles. The zero-order valence-corrected chi connectivity index (χ0v) is 16.8. The molecule has 1 heterocycles. The Bertz CT molecular complexity index is 1050. The lowest BCUT2D eigenvalue weighted by atomic mass is 10.1. The fourth-order valence-corrected chi connectivity index (χ4v) is 3.72. The second-order valence-corrected chi connectivity index (χ2v) is 7.26. The summed E-state index contributed by atoms with van der Waals surface area (Å²) in [5.41, 5.74) is 3.22. The number of benzene rings is 3. The van der Waals surface area contributed by atoms with Crippen LogP contribution in [0.3, 0.4) is 0 Å². The van der Waals surface area contributed by atoms with Gasteiger partial charge in [-0.1, -0.05) is 54.6 Å². The SMILES string of the molecule is COc1cccc(C(=O)OCC(Cc2ccccc2)N2Cc3ccccc3C2=O)c1. The maximum absolute atomic E-state index is 13.0. The maximum atomic E-state index is 13.0. The molecule has 0 N–H and O–H groups in total. The molecular formula is C25H23NO4. The van der Waals surface area contributed by atoms with Crippen LogP contribution in [0.25, 0.3) is 0 Å². The van der Waals surface area contributed by atoms with E-state index in [0.29, 0.717) is 24.3 Å². The van der Waals surface area contributed by atoms with E-state index in [1.165, 1.54) is 0 Å². The van der Waals surface area contributed by atoms with Crippen LogP contribution in [0, 0.1) is 0 Å². The first-order chi connectivity index (χ1) is 14.7. The molecule has 4 rings (SSSR count). The minimum Gasteiger partial charge on any atom is -0.497 e. The average molecular weight is 401 g/mol. The largest absolute Gasteiger partial charge is 0.497 e. The highest BCUT2D eigenvalue weighted by molar-refractivity contribution is 5.98. The number of carbonyl (C=O) groups excluding carboxylic acids is 2. The number of hydrogen-bond donors (Lipinski definition) is 0. The van der Waals surface area contributed by atoms with Gasteiger partial charge in [-0.15, -0.1) is 0 Å². The van der Waals surface area contributed by atoms with Crippen LogP contribution in [0.15, 0.2) is 78.9 Å². The first kappa shape index (κ1) is 19.7. The molecule has 1 amide bonds. The molecule has 152 valence electrons. The van der Waals surface area contributed by atoms with Crippen molar-refractivity contribution in [2.24, 2.45) is 0 Å². The summed E-state index contributed by atoms with van der Waals surface area (Å²) >= 11 is 0. The Morgan fingerprint density at radius 2 is 1.77 bits per heavy atom. The molecule has 0 saturated carbocycles. The van der Waals surface area contributed by atoms with Crippen LogP contribution in [-0.2, 0) is 17.7 Å². The third-order valence-electron chi connectivity index (χ3n) is 5.32. The Hall–Kier alpha value is -3.60. The molecule has 0 fully saturated rings. The average Bonchev–Trinajstić information content (AvgIpc) is 3.13. The molecule has 1 aliphatic rings. The number of hydrogen-bond acceptors (Lipinski definition) is 4. The molecule has 5 heteroatoms. The normalized spacial score (nSPS) is 13.6. The zero-order chi connectivity index (χ0) is 20.9. The van der Waals surface area contributed by atoms with E-state index in [4.69, 9.17) is 9.47 Å². The summed E-state index contributed by atoms with van der Waals surface area (Å²) in [5.74, 6) is 0.135. The van der Waals surface area contributed by atoms with Crippen molar-refractivity contribution in [2.45, 2.75) is 19.0 Å². The number of methoxy groups -OCH3 is 1. The molecule has 0 aliphatic carbocycles. The van der Waals surface area contributed by atoms with Crippen LogP contribution in [0.4, 0.5) is 0 Å². The predicted molar refractivity (Wildman–Crippen MR) is 114 cm³/mol. The van der Waals surface area contributed by atoms with Gasteiger partial charge < -0.3 is 14.4 Å². The number of rotatable bonds is 7. The Labute approximate surface area is 175 Å². The highest BCUT2D eigenvalue weighted by Crippen LogP contribution is 2.26. The van der Waals surface area contributed by atoms with Crippen LogP contribution in [-0.4, -0.2) is 36.5 Å². The monoisotopic (exact) mass is 401 g/mol. The quantitative estimate of drug-likeness (QED) is 0.559. The van der Waals surface area contributed by atoms with Crippen molar-refractivity contribution in [3.63, 3.8) is 0 Å². The molecule has 0 spiro atoms. The van der Waals surface area contributed by atoms with Gasteiger partial charge in [0.05, 0.1) is 18.7 Å². The first-order valence-corrected chi connectivity index (χ1v) is 9.89. The number of nitrogens with zero attached hydrogens (tertiary/aromatic N) is 1. The molecule has 0 bridgehead atoms. The molecule has 5 nitrogen and oxygen atoms in total. The highest BCUT2D eigenvalue weighted by Gasteiger charge is 2.33. The van der Waals surface area contributed by atoms with E-state index >= 15 is 0 Å². The highest BCUT2D eigenvalue weighted by atomic mass is 16.5. The van der Waals surface area contributed by atoms with Crippen LogP contribution >= 0.6 is 0 Å². The standard InChI is InChI=1S/C25H23NO4/c1-29-22-12-7-11-19(15-22)25(28)30-17-21(14-18-8-3-2-4-9-18)26-16-20-10-5-6-13-23(20)24(26)27/h2-13,15,21H,14,16-17H2,1H3. The van der Waals surface area contributed by atoms with Crippen molar-refractivity contribution in [3.8, 4) is 5.75 Å². The Morgan fingerprint density at radius 3 is 2.53 bits per heavy atom. The Balaban J connectivity index is 1.52. The van der Waals surface area contributed by atoms with Crippen LogP contribution in [0.2, 0.25) is 0 Å². The molecule has 3 aromatic rings. The van der Waals surface area contributed by atoms with Crippen molar-refractivity contribution >= 4 is 11.9 Å². The number of ether oxygens (including phenoxy) is 2. The minimum atomic E-state index is -0.434. The zero-order valence-electron chi connectivity index (χ0n) is 16.8. The Kier molecular flexibility index (Phi) is 5.80. The third kappa shape index (κ3) is 4.20. The van der Waals surface area contributed by atoms with E-state index in [-0.39, 0.29) is 18.6 Å². The van der Waals surface area contributed by atoms with E-state index in [1.807, 2.05) is 54.6 Å². The van der Waals surface area contributed by atoms with E-state index in [0.717, 1.165) is 16.7 Å². The van der Waals surface area contributed by atoms with Gasteiger partial charge in [0.1, 0.15) is 12.4 Å². The van der Waals surface area contributed by atoms with E-state index in [2.05, 4.69) is 0 Å². The molecule has 3 aromatic carbocycles. The summed E-state index contributed by atoms with van der Waals surface area (Å²) in [5, 5.41) is 0. The van der Waals surface area contributed by atoms with E-state index in [9.17, 15) is 9.59 Å². The van der Waals surface area contributed by atoms with Crippen molar-refractivity contribution in [1.82, 2.24) is 4.90 Å². The minimum absolute atomic E-state index is 0.0241. The smallest absolute Gasteiger partial charge is 0.338 e. The lowest BCUT2D eigenvalue weighted by molar-refractivity contribution is 0.0321. The van der Waals surface area contributed by atoms with E-state index in [1.54, 1.807) is 36.3 Å². The number of amides is 1. The van der Waals surface area contributed by atoms with Crippen molar-refractivity contribution in [2.75, 3.05) is 13.7 Å². The van der Waals surface area contributed by atoms with Gasteiger partial charge in [-0.05, 0) is 41.8 Å². The van der Waals surface area contributed by atoms with Crippen molar-refractivity contribution in [3.05, 3.63) is 101 Å². The van der Waals surface area contributed by atoms with Gasteiger partial charge in [0.25, 0.3) is 5.91 Å². The van der Waals surface area contributed by atoms with Gasteiger partial charge in [0.15, 0.2) is 0 Å². The molecular weight excluding hydrogens is 378 g/mol. The summed E-state index contributed by atoms with van der Waals surface area (Å²) in [4.78, 5) is 27.4. The molecule has 1 atom stereocenters. The van der Waals surface area contributed by atoms with Gasteiger partial charge in [0.2, 0.25) is 0 Å². The lowest BCUT2D eigenvalue weighted by Crippen LogP contribution is -2.41. The molecule has 0 aromatic heterocycles. The third-order valence-corrected chi connectivity index (χ3v) is 5.32. The number of fused-ring (bicyclic) bond motifs is 1. The topological polar surface area (TPSA) is 55.8 Å². The summed E-state index contributed by atoms with van der Waals surface area (Å²) < 4.78 is 10.8. The van der Waals surface area contributed by atoms with Crippen LogP contribution in [0.5, 0.6) is 5.75 Å². The first-order valence-electron chi connectivity index (χ1n) is 9.89. The summed E-state index contributed by atoms with van der Waals surface area (Å²) in [6.07, 6.45) is 0.603. The second-order valence-electron chi connectivity index (χ2n) is 7.26. The predicted octanol–water partition coefficient (Wildman–Crippen LogP) is 4.12. The molecule has 1 aliphatic heterocycles. The fourth-order valence-electron chi connectivity index (χ4n) is 3.72. The molecule has 30 heavy (non-hydrogen) atoms. The Morgan fingerprint density at radius 1 is 1.00 bits per heavy atom. The maximum Gasteiger partial charge on any atom is 0.338 e. The van der Waals surface area contributed by atoms with Crippen molar-refractivity contribution < 1.29 is 19.1 Å². The lowest BCUT2D eigenvalue weighted by Gasteiger charge is -2.27. The number of carbonyl (C=O) groups is 2. The fraction of sp³-hybridized carbons (Fsp3) is 0.200. The summed E-state index contributed by atoms with van der Waals surface area (Å²) in [6, 6.07) is 24.1. The van der Waals surface area contributed by atoms with Gasteiger partial charge in [-0.25, -0.2) is 4.79 Å². The summed E-state index contributed by atoms with van der Waals surface area (Å²) in [7, 11) is 1.55. The van der Waals surface area contributed by atoms with Gasteiger partial charge in [0, 0.05) is 12.1 Å². The van der Waals surface area contributed by atoms with Gasteiger partial charge in [-0.3, -0.25) is 4.79 Å².